The van der Waals surface area contributed by atoms with E-state index < -0.39 is 0 Å². The lowest BCUT2D eigenvalue weighted by molar-refractivity contribution is 0.604. The van der Waals surface area contributed by atoms with E-state index in [1.54, 1.807) is 5.57 Å². The van der Waals surface area contributed by atoms with Gasteiger partial charge in [-0.3, -0.25) is 0 Å². The van der Waals surface area contributed by atoms with Crippen molar-refractivity contribution < 1.29 is 0 Å². The Morgan fingerprint density at radius 2 is 1.88 bits per heavy atom. The molecule has 0 aliphatic heterocycles. The number of allylic oxidation sites excluding steroid dienone is 6. The number of hydrogen-bond acceptors (Lipinski definition) is 0. The first-order valence-corrected chi connectivity index (χ1v) is 6.53. The SMILES string of the molecule is CC/C=C(\C)CCCC(C)/C=C/C=C(C)C. The summed E-state index contributed by atoms with van der Waals surface area (Å²) in [4.78, 5) is 0. The van der Waals surface area contributed by atoms with Gasteiger partial charge in [-0.1, -0.05) is 49.3 Å². The van der Waals surface area contributed by atoms with E-state index in [2.05, 4.69) is 58.9 Å². The minimum absolute atomic E-state index is 0.699. The minimum atomic E-state index is 0.699. The van der Waals surface area contributed by atoms with E-state index in [1.807, 2.05) is 0 Å². The topological polar surface area (TPSA) is 0 Å². The summed E-state index contributed by atoms with van der Waals surface area (Å²) >= 11 is 0. The lowest BCUT2D eigenvalue weighted by Gasteiger charge is -2.05. The van der Waals surface area contributed by atoms with Gasteiger partial charge in [0.1, 0.15) is 0 Å². The smallest absolute Gasteiger partial charge is 0.0259 e. The Morgan fingerprint density at radius 1 is 1.19 bits per heavy atom. The fourth-order valence-electron chi connectivity index (χ4n) is 1.69. The van der Waals surface area contributed by atoms with Gasteiger partial charge >= 0.3 is 0 Å². The van der Waals surface area contributed by atoms with E-state index in [9.17, 15) is 0 Å². The molecule has 0 aromatic heterocycles. The molecule has 0 bridgehead atoms. The summed E-state index contributed by atoms with van der Waals surface area (Å²) in [7, 11) is 0. The molecule has 0 aliphatic carbocycles. The van der Waals surface area contributed by atoms with Crippen molar-refractivity contribution in [3.63, 3.8) is 0 Å². The van der Waals surface area contributed by atoms with Crippen molar-refractivity contribution in [2.24, 2.45) is 5.92 Å². The van der Waals surface area contributed by atoms with Gasteiger partial charge in [-0.05, 0) is 52.4 Å². The summed E-state index contributed by atoms with van der Waals surface area (Å²) in [5.74, 6) is 0.699. The van der Waals surface area contributed by atoms with Crippen molar-refractivity contribution >= 4 is 0 Å². The van der Waals surface area contributed by atoms with Crippen molar-refractivity contribution in [3.8, 4) is 0 Å². The van der Waals surface area contributed by atoms with Crippen molar-refractivity contribution in [1.29, 1.82) is 0 Å². The Bertz CT molecular complexity index is 249. The van der Waals surface area contributed by atoms with Crippen LogP contribution in [0.3, 0.4) is 0 Å². The normalized spacial score (nSPS) is 14.2. The molecule has 0 N–H and O–H groups in total. The molecule has 0 nitrogen and oxygen atoms in total. The first-order chi connectivity index (χ1) is 7.56. The van der Waals surface area contributed by atoms with Gasteiger partial charge in [0, 0.05) is 0 Å². The predicted molar refractivity (Wildman–Crippen MR) is 75.6 cm³/mol. The van der Waals surface area contributed by atoms with Gasteiger partial charge in [-0.25, -0.2) is 0 Å². The summed E-state index contributed by atoms with van der Waals surface area (Å²) in [6.45, 7) is 11.0. The average molecular weight is 220 g/mol. The monoisotopic (exact) mass is 220 g/mol. The number of rotatable bonds is 7. The third kappa shape index (κ3) is 9.76. The van der Waals surface area contributed by atoms with Gasteiger partial charge in [-0.2, -0.15) is 0 Å². The van der Waals surface area contributed by atoms with Crippen LogP contribution in [-0.2, 0) is 0 Å². The third-order valence-electron chi connectivity index (χ3n) is 2.65. The minimum Gasteiger partial charge on any atom is -0.0859 e. The van der Waals surface area contributed by atoms with Crippen LogP contribution in [0, 0.1) is 5.92 Å². The van der Waals surface area contributed by atoms with Crippen LogP contribution in [0.15, 0.2) is 35.5 Å². The molecule has 0 saturated heterocycles. The van der Waals surface area contributed by atoms with Gasteiger partial charge in [0.15, 0.2) is 0 Å². The molecule has 1 unspecified atom stereocenters. The quantitative estimate of drug-likeness (QED) is 0.383. The van der Waals surface area contributed by atoms with Crippen molar-refractivity contribution in [2.75, 3.05) is 0 Å². The molecule has 0 aliphatic rings. The van der Waals surface area contributed by atoms with Crippen LogP contribution in [0.5, 0.6) is 0 Å². The lowest BCUT2D eigenvalue weighted by atomic mass is 10.0. The molecule has 0 fully saturated rings. The van der Waals surface area contributed by atoms with Crippen LogP contribution in [0.4, 0.5) is 0 Å². The van der Waals surface area contributed by atoms with E-state index in [0.29, 0.717) is 5.92 Å². The maximum atomic E-state index is 2.34. The summed E-state index contributed by atoms with van der Waals surface area (Å²) in [5.41, 5.74) is 2.91. The van der Waals surface area contributed by atoms with Crippen molar-refractivity contribution in [3.05, 3.63) is 35.5 Å². The van der Waals surface area contributed by atoms with E-state index in [1.165, 1.54) is 31.3 Å². The Hall–Kier alpha value is -0.780. The zero-order valence-corrected chi connectivity index (χ0v) is 11.7. The second-order valence-electron chi connectivity index (χ2n) is 4.96. The van der Waals surface area contributed by atoms with E-state index >= 15 is 0 Å². The maximum absolute atomic E-state index is 2.34. The predicted octanol–water partition coefficient (Wildman–Crippen LogP) is 5.67. The van der Waals surface area contributed by atoms with Gasteiger partial charge in [0.2, 0.25) is 0 Å². The highest BCUT2D eigenvalue weighted by molar-refractivity contribution is 5.09. The molecule has 0 spiro atoms. The average Bonchev–Trinajstić information content (AvgIpc) is 2.17. The molecule has 0 rings (SSSR count). The Morgan fingerprint density at radius 3 is 2.44 bits per heavy atom. The molecule has 1 atom stereocenters. The maximum Gasteiger partial charge on any atom is -0.0259 e. The molecular weight excluding hydrogens is 192 g/mol. The molecule has 0 aromatic rings. The summed E-state index contributed by atoms with van der Waals surface area (Å²) in [5, 5.41) is 0. The summed E-state index contributed by atoms with van der Waals surface area (Å²) < 4.78 is 0. The first kappa shape index (κ1) is 15.2. The van der Waals surface area contributed by atoms with Gasteiger partial charge in [0.25, 0.3) is 0 Å². The van der Waals surface area contributed by atoms with Crippen LogP contribution in [-0.4, -0.2) is 0 Å². The Kier molecular flexibility index (Phi) is 8.99. The van der Waals surface area contributed by atoms with Crippen molar-refractivity contribution in [2.45, 2.75) is 60.3 Å². The van der Waals surface area contributed by atoms with E-state index in [-0.39, 0.29) is 0 Å². The van der Waals surface area contributed by atoms with Crippen LogP contribution < -0.4 is 0 Å². The largest absolute Gasteiger partial charge is 0.0859 e. The van der Waals surface area contributed by atoms with Crippen LogP contribution in [0.1, 0.15) is 60.3 Å². The summed E-state index contributed by atoms with van der Waals surface area (Å²) in [6.07, 6.45) is 14.0. The fraction of sp³-hybridized carbons (Fsp3) is 0.625. The van der Waals surface area contributed by atoms with Crippen LogP contribution >= 0.6 is 0 Å². The highest BCUT2D eigenvalue weighted by Gasteiger charge is 1.97. The fourth-order valence-corrected chi connectivity index (χ4v) is 1.69. The second-order valence-corrected chi connectivity index (χ2v) is 4.96. The van der Waals surface area contributed by atoms with E-state index in [4.69, 9.17) is 0 Å². The van der Waals surface area contributed by atoms with E-state index in [0.717, 1.165) is 0 Å². The molecule has 16 heavy (non-hydrogen) atoms. The van der Waals surface area contributed by atoms with Gasteiger partial charge < -0.3 is 0 Å². The van der Waals surface area contributed by atoms with Gasteiger partial charge in [0.05, 0.1) is 0 Å². The number of hydrogen-bond donors (Lipinski definition) is 0. The Balaban J connectivity index is 3.74. The zero-order valence-electron chi connectivity index (χ0n) is 11.7. The molecular formula is C16H28. The molecule has 0 aromatic carbocycles. The second kappa shape index (κ2) is 9.45. The highest BCUT2D eigenvalue weighted by atomic mass is 14.0. The molecule has 0 saturated carbocycles. The highest BCUT2D eigenvalue weighted by Crippen LogP contribution is 2.13. The third-order valence-corrected chi connectivity index (χ3v) is 2.65. The zero-order chi connectivity index (χ0) is 12.4. The Labute approximate surface area is 102 Å². The molecule has 0 heteroatoms. The molecule has 92 valence electrons. The molecule has 0 radical (unpaired) electrons. The molecule has 0 heterocycles. The van der Waals surface area contributed by atoms with Crippen LogP contribution in [0.25, 0.3) is 0 Å². The van der Waals surface area contributed by atoms with Crippen LogP contribution in [0.2, 0.25) is 0 Å². The molecule has 0 amide bonds. The first-order valence-electron chi connectivity index (χ1n) is 6.53. The summed E-state index contributed by atoms with van der Waals surface area (Å²) in [6, 6.07) is 0. The lowest BCUT2D eigenvalue weighted by Crippen LogP contribution is -1.90. The van der Waals surface area contributed by atoms with Crippen molar-refractivity contribution in [1.82, 2.24) is 0 Å². The standard InChI is InChI=1S/C16H28/c1-6-9-15(4)12-8-13-16(5)11-7-10-14(2)3/h7,9-11,16H,6,8,12-13H2,1-5H3/b11-7+,15-9+. The van der Waals surface area contributed by atoms with Gasteiger partial charge in [-0.15, -0.1) is 0 Å².